The molecule has 100 valence electrons. The van der Waals surface area contributed by atoms with Crippen molar-refractivity contribution in [3.8, 4) is 0 Å². The summed E-state index contributed by atoms with van der Waals surface area (Å²) in [5.41, 5.74) is 2.20. The van der Waals surface area contributed by atoms with Crippen molar-refractivity contribution >= 4 is 0 Å². The number of benzene rings is 2. The molecule has 0 aliphatic heterocycles. The van der Waals surface area contributed by atoms with E-state index in [1.165, 1.54) is 0 Å². The molecule has 0 heterocycles. The minimum Gasteiger partial charge on any atom is -0.393 e. The predicted molar refractivity (Wildman–Crippen MR) is 76.9 cm³/mol. The fourth-order valence-corrected chi connectivity index (χ4v) is 2.25. The summed E-state index contributed by atoms with van der Waals surface area (Å²) in [7, 11) is 0. The lowest BCUT2D eigenvalue weighted by molar-refractivity contribution is 0.0810. The summed E-state index contributed by atoms with van der Waals surface area (Å²) < 4.78 is 0. The van der Waals surface area contributed by atoms with Crippen molar-refractivity contribution in [1.29, 1.82) is 0 Å². The van der Waals surface area contributed by atoms with Gasteiger partial charge in [-0.05, 0) is 30.4 Å². The maximum atomic E-state index is 9.99. The minimum absolute atomic E-state index is 0.407. The first-order valence-electron chi connectivity index (χ1n) is 6.68. The molecule has 2 aromatic carbocycles. The van der Waals surface area contributed by atoms with Crippen molar-refractivity contribution in [3.05, 3.63) is 71.8 Å². The molecule has 2 aromatic rings. The average molecular weight is 256 g/mol. The smallest absolute Gasteiger partial charge is 0.0605 e. The van der Waals surface area contributed by atoms with Gasteiger partial charge >= 0.3 is 0 Å². The third-order valence-electron chi connectivity index (χ3n) is 3.17. The first kappa shape index (κ1) is 13.8. The van der Waals surface area contributed by atoms with Crippen molar-refractivity contribution < 1.29 is 10.2 Å². The van der Waals surface area contributed by atoms with E-state index in [-0.39, 0.29) is 0 Å². The molecule has 0 fully saturated rings. The zero-order valence-corrected chi connectivity index (χ0v) is 10.9. The van der Waals surface area contributed by atoms with E-state index < -0.39 is 12.2 Å². The van der Waals surface area contributed by atoms with E-state index in [9.17, 15) is 10.2 Å². The molecule has 0 saturated heterocycles. The van der Waals surface area contributed by atoms with Crippen LogP contribution in [-0.4, -0.2) is 22.4 Å². The highest BCUT2D eigenvalue weighted by Crippen LogP contribution is 2.11. The summed E-state index contributed by atoms with van der Waals surface area (Å²) in [6.45, 7) is 0. The number of aliphatic hydroxyl groups excluding tert-OH is 2. The standard InChI is InChI=1S/C17H20O2/c18-16(11-14-7-3-1-4-8-14)13-17(19)12-15-9-5-2-6-10-15/h1-10,16-19H,11-13H2/t16-,17-/m1/s1. The van der Waals surface area contributed by atoms with Crippen LogP contribution in [0.2, 0.25) is 0 Å². The summed E-state index contributed by atoms with van der Waals surface area (Å²) in [6, 6.07) is 19.7. The molecule has 2 atom stereocenters. The quantitative estimate of drug-likeness (QED) is 0.834. The van der Waals surface area contributed by atoms with Gasteiger partial charge in [0.05, 0.1) is 12.2 Å². The summed E-state index contributed by atoms with van der Waals surface area (Å²) >= 11 is 0. The van der Waals surface area contributed by atoms with E-state index >= 15 is 0 Å². The number of rotatable bonds is 6. The molecule has 2 heteroatoms. The molecule has 0 spiro atoms. The van der Waals surface area contributed by atoms with Crippen molar-refractivity contribution in [1.82, 2.24) is 0 Å². The van der Waals surface area contributed by atoms with Gasteiger partial charge in [0.15, 0.2) is 0 Å². The highest BCUT2D eigenvalue weighted by molar-refractivity contribution is 5.16. The van der Waals surface area contributed by atoms with Crippen LogP contribution < -0.4 is 0 Å². The third-order valence-corrected chi connectivity index (χ3v) is 3.17. The van der Waals surface area contributed by atoms with Gasteiger partial charge in [0, 0.05) is 0 Å². The first-order valence-corrected chi connectivity index (χ1v) is 6.68. The molecule has 19 heavy (non-hydrogen) atoms. The molecule has 0 bridgehead atoms. The zero-order valence-electron chi connectivity index (χ0n) is 10.9. The van der Waals surface area contributed by atoms with E-state index in [2.05, 4.69) is 0 Å². The largest absolute Gasteiger partial charge is 0.393 e. The highest BCUT2D eigenvalue weighted by Gasteiger charge is 2.13. The monoisotopic (exact) mass is 256 g/mol. The van der Waals surface area contributed by atoms with Gasteiger partial charge in [0.1, 0.15) is 0 Å². The molecule has 2 nitrogen and oxygen atoms in total. The van der Waals surface area contributed by atoms with Gasteiger partial charge in [-0.3, -0.25) is 0 Å². The summed E-state index contributed by atoms with van der Waals surface area (Å²) in [6.07, 6.45) is 0.589. The van der Waals surface area contributed by atoms with Gasteiger partial charge < -0.3 is 10.2 Å². The third kappa shape index (κ3) is 4.86. The maximum Gasteiger partial charge on any atom is 0.0605 e. The molecule has 0 unspecified atom stereocenters. The Bertz CT molecular complexity index is 422. The fraction of sp³-hybridized carbons (Fsp3) is 0.294. The lowest BCUT2D eigenvalue weighted by Crippen LogP contribution is -2.21. The second-order valence-electron chi connectivity index (χ2n) is 4.92. The minimum atomic E-state index is -0.499. The van der Waals surface area contributed by atoms with Crippen LogP contribution in [0.15, 0.2) is 60.7 Å². The average Bonchev–Trinajstić information content (AvgIpc) is 2.40. The van der Waals surface area contributed by atoms with Crippen molar-refractivity contribution in [2.75, 3.05) is 0 Å². The Hall–Kier alpha value is -1.64. The molecular weight excluding hydrogens is 236 g/mol. The van der Waals surface area contributed by atoms with E-state index in [0.717, 1.165) is 11.1 Å². The van der Waals surface area contributed by atoms with Crippen molar-refractivity contribution in [3.63, 3.8) is 0 Å². The van der Waals surface area contributed by atoms with Gasteiger partial charge in [-0.15, -0.1) is 0 Å². The van der Waals surface area contributed by atoms with Crippen molar-refractivity contribution in [2.24, 2.45) is 0 Å². The lowest BCUT2D eigenvalue weighted by Gasteiger charge is -2.15. The highest BCUT2D eigenvalue weighted by atomic mass is 16.3. The normalized spacial score (nSPS) is 14.0. The lowest BCUT2D eigenvalue weighted by atomic mass is 9.99. The predicted octanol–water partition coefficient (Wildman–Crippen LogP) is 2.58. The topological polar surface area (TPSA) is 40.5 Å². The van der Waals surface area contributed by atoms with Crippen LogP contribution in [0.1, 0.15) is 17.5 Å². The van der Waals surface area contributed by atoms with Crippen LogP contribution in [0.3, 0.4) is 0 Å². The van der Waals surface area contributed by atoms with Gasteiger partial charge in [-0.25, -0.2) is 0 Å². The molecule has 0 radical (unpaired) electrons. The van der Waals surface area contributed by atoms with Crippen molar-refractivity contribution in [2.45, 2.75) is 31.5 Å². The van der Waals surface area contributed by atoms with Crippen LogP contribution in [0.4, 0.5) is 0 Å². The molecular formula is C17H20O2. The first-order chi connectivity index (χ1) is 9.24. The second kappa shape index (κ2) is 7.07. The molecule has 0 aliphatic rings. The SMILES string of the molecule is O[C@H](Cc1ccccc1)C[C@H](O)Cc1ccccc1. The number of hydrogen-bond acceptors (Lipinski definition) is 2. The zero-order chi connectivity index (χ0) is 13.5. The van der Waals surface area contributed by atoms with Gasteiger partial charge in [-0.2, -0.15) is 0 Å². The Balaban J connectivity index is 1.80. The van der Waals surface area contributed by atoms with Gasteiger partial charge in [-0.1, -0.05) is 60.7 Å². The summed E-state index contributed by atoms with van der Waals surface area (Å²) in [4.78, 5) is 0. The Morgan fingerprint density at radius 2 is 1.00 bits per heavy atom. The maximum absolute atomic E-state index is 9.99. The van der Waals surface area contributed by atoms with Crippen LogP contribution in [0.5, 0.6) is 0 Å². The van der Waals surface area contributed by atoms with Crippen LogP contribution >= 0.6 is 0 Å². The van der Waals surface area contributed by atoms with E-state index in [1.54, 1.807) is 0 Å². The molecule has 0 aromatic heterocycles. The Morgan fingerprint density at radius 3 is 1.37 bits per heavy atom. The number of hydrogen-bond donors (Lipinski definition) is 2. The summed E-state index contributed by atoms with van der Waals surface area (Å²) in [5.74, 6) is 0. The van der Waals surface area contributed by atoms with Gasteiger partial charge in [0.25, 0.3) is 0 Å². The van der Waals surface area contributed by atoms with E-state index in [1.807, 2.05) is 60.7 Å². The van der Waals surface area contributed by atoms with Gasteiger partial charge in [0.2, 0.25) is 0 Å². The van der Waals surface area contributed by atoms with E-state index in [0.29, 0.717) is 19.3 Å². The molecule has 2 rings (SSSR count). The molecule has 2 N–H and O–H groups in total. The number of aliphatic hydroxyl groups is 2. The Labute approximate surface area is 114 Å². The molecule has 0 saturated carbocycles. The molecule has 0 amide bonds. The Kier molecular flexibility index (Phi) is 5.13. The van der Waals surface area contributed by atoms with E-state index in [4.69, 9.17) is 0 Å². The fourth-order valence-electron chi connectivity index (χ4n) is 2.25. The summed E-state index contributed by atoms with van der Waals surface area (Å²) in [5, 5.41) is 20.0. The van der Waals surface area contributed by atoms with Crippen LogP contribution in [0, 0.1) is 0 Å². The molecule has 0 aliphatic carbocycles. The van der Waals surface area contributed by atoms with Crippen LogP contribution in [-0.2, 0) is 12.8 Å². The van der Waals surface area contributed by atoms with Crippen LogP contribution in [0.25, 0.3) is 0 Å². The second-order valence-corrected chi connectivity index (χ2v) is 4.92. The Morgan fingerprint density at radius 1 is 0.632 bits per heavy atom.